The molecule has 2 aromatic carbocycles. The Morgan fingerprint density at radius 3 is 2.69 bits per heavy atom. The van der Waals surface area contributed by atoms with Crippen LogP contribution in [0.5, 0.6) is 0 Å². The van der Waals surface area contributed by atoms with Crippen LogP contribution in [0.15, 0.2) is 36.4 Å². The molecule has 3 aromatic rings. The molecule has 1 aliphatic rings. The number of nitrogens with zero attached hydrogens (tertiary/aromatic N) is 3. The molecule has 148 valence electrons. The van der Waals surface area contributed by atoms with E-state index in [1.165, 1.54) is 0 Å². The number of rotatable bonds is 3. The lowest BCUT2D eigenvalue weighted by atomic mass is 9.97. The van der Waals surface area contributed by atoms with Gasteiger partial charge in [-0.05, 0) is 53.8 Å². The Morgan fingerprint density at radius 1 is 1.21 bits per heavy atom. The maximum Gasteiger partial charge on any atom is 0.254 e. The zero-order valence-corrected chi connectivity index (χ0v) is 17.3. The quantitative estimate of drug-likeness (QED) is 0.657. The number of carbonyl (C=O) groups is 1. The molecule has 1 amide bonds. The van der Waals surface area contributed by atoms with E-state index >= 15 is 0 Å². The summed E-state index contributed by atoms with van der Waals surface area (Å²) in [7, 11) is 1.99. The van der Waals surface area contributed by atoms with Gasteiger partial charge < -0.3 is 14.2 Å². The summed E-state index contributed by atoms with van der Waals surface area (Å²) >= 11 is 6.54. The first-order valence-corrected chi connectivity index (χ1v) is 10.0. The van der Waals surface area contributed by atoms with Crippen molar-refractivity contribution in [2.45, 2.75) is 13.3 Å². The molecule has 2 heterocycles. The number of ether oxygens (including phenoxy) is 1. The number of hydrogen-bond acceptors (Lipinski definition) is 3. The molecule has 0 spiro atoms. The van der Waals surface area contributed by atoms with Crippen LogP contribution in [0, 0.1) is 18.3 Å². The van der Waals surface area contributed by atoms with E-state index in [9.17, 15) is 10.1 Å². The highest BCUT2D eigenvalue weighted by atomic mass is 35.5. The van der Waals surface area contributed by atoms with Gasteiger partial charge in [-0.15, -0.1) is 0 Å². The van der Waals surface area contributed by atoms with E-state index in [1.807, 2.05) is 49.2 Å². The third-order valence-corrected chi connectivity index (χ3v) is 6.06. The molecule has 5 nitrogen and oxygen atoms in total. The Hall–Kier alpha value is -2.81. The predicted molar refractivity (Wildman–Crippen MR) is 113 cm³/mol. The van der Waals surface area contributed by atoms with Gasteiger partial charge in [-0.25, -0.2) is 0 Å². The van der Waals surface area contributed by atoms with Crippen LogP contribution in [0.1, 0.15) is 32.7 Å². The van der Waals surface area contributed by atoms with Crippen molar-refractivity contribution in [2.75, 3.05) is 26.3 Å². The zero-order valence-electron chi connectivity index (χ0n) is 16.5. The minimum Gasteiger partial charge on any atom is -0.378 e. The second kappa shape index (κ2) is 7.90. The van der Waals surface area contributed by atoms with Gasteiger partial charge in [-0.1, -0.05) is 17.7 Å². The second-order valence-corrected chi connectivity index (χ2v) is 7.77. The molecule has 1 fully saturated rings. The van der Waals surface area contributed by atoms with E-state index in [0.29, 0.717) is 48.9 Å². The van der Waals surface area contributed by atoms with Crippen molar-refractivity contribution in [2.24, 2.45) is 7.05 Å². The van der Waals surface area contributed by atoms with E-state index in [0.717, 1.165) is 27.7 Å². The Morgan fingerprint density at radius 2 is 1.97 bits per heavy atom. The number of aromatic nitrogens is 1. The monoisotopic (exact) mass is 407 g/mol. The van der Waals surface area contributed by atoms with Crippen LogP contribution in [0.4, 0.5) is 0 Å². The molecule has 4 rings (SSSR count). The topological polar surface area (TPSA) is 58.3 Å². The molecule has 0 atom stereocenters. The summed E-state index contributed by atoms with van der Waals surface area (Å²) in [5.74, 6) is 0.0272. The Bertz CT molecular complexity index is 1140. The highest BCUT2D eigenvalue weighted by Gasteiger charge is 2.22. The van der Waals surface area contributed by atoms with Gasteiger partial charge in [0.1, 0.15) is 0 Å². The number of amides is 1. The summed E-state index contributed by atoms with van der Waals surface area (Å²) in [4.78, 5) is 14.8. The number of fused-ring (bicyclic) bond motifs is 1. The number of halogens is 1. The van der Waals surface area contributed by atoms with Gasteiger partial charge in [0.05, 0.1) is 24.8 Å². The van der Waals surface area contributed by atoms with Crippen molar-refractivity contribution in [3.8, 4) is 6.07 Å². The fourth-order valence-electron chi connectivity index (χ4n) is 3.92. The Kier molecular flexibility index (Phi) is 5.31. The van der Waals surface area contributed by atoms with Crippen molar-refractivity contribution in [1.82, 2.24) is 9.47 Å². The van der Waals surface area contributed by atoms with Crippen molar-refractivity contribution < 1.29 is 9.53 Å². The molecular weight excluding hydrogens is 386 g/mol. The minimum absolute atomic E-state index is 0.0272. The lowest BCUT2D eigenvalue weighted by Gasteiger charge is -2.28. The van der Waals surface area contributed by atoms with E-state index in [-0.39, 0.29) is 5.91 Å². The summed E-state index contributed by atoms with van der Waals surface area (Å²) in [5.41, 5.74) is 5.29. The normalized spacial score (nSPS) is 14.2. The van der Waals surface area contributed by atoms with Crippen LogP contribution in [0.2, 0.25) is 5.02 Å². The first kappa shape index (κ1) is 19.5. The van der Waals surface area contributed by atoms with E-state index < -0.39 is 0 Å². The molecular formula is C23H22ClN3O2. The van der Waals surface area contributed by atoms with Crippen LogP contribution in [0.3, 0.4) is 0 Å². The maximum absolute atomic E-state index is 13.0. The lowest BCUT2D eigenvalue weighted by Crippen LogP contribution is -2.41. The van der Waals surface area contributed by atoms with Crippen LogP contribution in [-0.4, -0.2) is 41.7 Å². The van der Waals surface area contributed by atoms with Crippen LogP contribution >= 0.6 is 11.6 Å². The van der Waals surface area contributed by atoms with Gasteiger partial charge in [-0.3, -0.25) is 4.79 Å². The molecule has 1 aromatic heterocycles. The Balaban J connectivity index is 1.70. The third kappa shape index (κ3) is 3.62. The maximum atomic E-state index is 13.0. The minimum atomic E-state index is 0.0272. The van der Waals surface area contributed by atoms with Crippen molar-refractivity contribution in [1.29, 1.82) is 5.26 Å². The average Bonchev–Trinajstić information content (AvgIpc) is 3.06. The summed E-state index contributed by atoms with van der Waals surface area (Å²) in [6.45, 7) is 4.34. The van der Waals surface area contributed by atoms with Crippen LogP contribution in [0.25, 0.3) is 10.9 Å². The van der Waals surface area contributed by atoms with E-state index in [2.05, 4.69) is 16.7 Å². The molecule has 0 saturated carbocycles. The number of morpholine rings is 1. The average molecular weight is 408 g/mol. The summed E-state index contributed by atoms with van der Waals surface area (Å²) < 4.78 is 7.44. The third-order valence-electron chi connectivity index (χ3n) is 5.70. The van der Waals surface area contributed by atoms with Gasteiger partial charge in [0.15, 0.2) is 0 Å². The number of carbonyl (C=O) groups excluding carboxylic acids is 1. The SMILES string of the molecule is Cc1c(C(=O)N2CCOCC2)ccc(Cl)c1Cc1cc2ccc(C#N)cc2n1C. The van der Waals surface area contributed by atoms with Gasteiger partial charge in [-0.2, -0.15) is 5.26 Å². The largest absolute Gasteiger partial charge is 0.378 e. The molecule has 1 aliphatic heterocycles. The number of aryl methyl sites for hydroxylation is 1. The molecule has 1 saturated heterocycles. The molecule has 0 unspecified atom stereocenters. The van der Waals surface area contributed by atoms with Gasteiger partial charge in [0.25, 0.3) is 5.91 Å². The zero-order chi connectivity index (χ0) is 20.5. The highest BCUT2D eigenvalue weighted by Crippen LogP contribution is 2.29. The first-order valence-electron chi connectivity index (χ1n) is 9.63. The molecule has 6 heteroatoms. The lowest BCUT2D eigenvalue weighted by molar-refractivity contribution is 0.0302. The summed E-state index contributed by atoms with van der Waals surface area (Å²) in [6, 6.07) is 13.6. The Labute approximate surface area is 175 Å². The van der Waals surface area contributed by atoms with Gasteiger partial charge in [0, 0.05) is 48.4 Å². The van der Waals surface area contributed by atoms with E-state index in [4.69, 9.17) is 16.3 Å². The van der Waals surface area contributed by atoms with Gasteiger partial charge in [0.2, 0.25) is 0 Å². The van der Waals surface area contributed by atoms with E-state index in [1.54, 1.807) is 0 Å². The van der Waals surface area contributed by atoms with Gasteiger partial charge >= 0.3 is 0 Å². The number of nitriles is 1. The molecule has 0 bridgehead atoms. The standard InChI is InChI=1S/C23H22ClN3O2/c1-15-19(23(28)27-7-9-29-10-8-27)5-6-21(24)20(15)13-18-12-17-4-3-16(14-25)11-22(17)26(18)2/h3-6,11-12H,7-10,13H2,1-2H3. The van der Waals surface area contributed by atoms with Crippen LogP contribution < -0.4 is 0 Å². The van der Waals surface area contributed by atoms with Crippen LogP contribution in [-0.2, 0) is 18.2 Å². The molecule has 29 heavy (non-hydrogen) atoms. The number of hydrogen-bond donors (Lipinski definition) is 0. The predicted octanol–water partition coefficient (Wildman–Crippen LogP) is 4.08. The fraction of sp³-hybridized carbons (Fsp3) is 0.304. The molecule has 0 radical (unpaired) electrons. The first-order chi connectivity index (χ1) is 14.0. The van der Waals surface area contributed by atoms with Crippen molar-refractivity contribution in [3.63, 3.8) is 0 Å². The molecule has 0 aliphatic carbocycles. The molecule has 0 N–H and O–H groups in total. The fourth-order valence-corrected chi connectivity index (χ4v) is 4.19. The summed E-state index contributed by atoms with van der Waals surface area (Å²) in [5, 5.41) is 10.9. The summed E-state index contributed by atoms with van der Waals surface area (Å²) in [6.07, 6.45) is 0.613. The second-order valence-electron chi connectivity index (χ2n) is 7.36. The number of benzene rings is 2. The van der Waals surface area contributed by atoms with Crippen molar-refractivity contribution in [3.05, 3.63) is 69.4 Å². The van der Waals surface area contributed by atoms with Crippen molar-refractivity contribution >= 4 is 28.4 Å². The highest BCUT2D eigenvalue weighted by molar-refractivity contribution is 6.31. The smallest absolute Gasteiger partial charge is 0.254 e.